The zero-order valence-electron chi connectivity index (χ0n) is 16.1. The molecule has 0 bridgehead atoms. The Hall–Kier alpha value is -2.68. The van der Waals surface area contributed by atoms with Crippen molar-refractivity contribution < 1.29 is 4.74 Å². The molecule has 1 N–H and O–H groups in total. The summed E-state index contributed by atoms with van der Waals surface area (Å²) in [6, 6.07) is 32.3. The van der Waals surface area contributed by atoms with Gasteiger partial charge in [-0.25, -0.2) is 0 Å². The van der Waals surface area contributed by atoms with E-state index in [0.29, 0.717) is 5.92 Å². The molecule has 0 aromatic heterocycles. The summed E-state index contributed by atoms with van der Waals surface area (Å²) in [7, 11) is 0. The minimum atomic E-state index is 0.00915. The first-order valence-corrected chi connectivity index (χ1v) is 10.00. The van der Waals surface area contributed by atoms with Crippen molar-refractivity contribution in [1.29, 1.82) is 0 Å². The summed E-state index contributed by atoms with van der Waals surface area (Å²) >= 11 is 0. The topological polar surface area (TPSA) is 21.3 Å². The van der Waals surface area contributed by atoms with Crippen LogP contribution in [0.2, 0.25) is 0 Å². The van der Waals surface area contributed by atoms with Gasteiger partial charge in [0, 0.05) is 12.0 Å². The third-order valence-electron chi connectivity index (χ3n) is 5.57. The van der Waals surface area contributed by atoms with Crippen molar-refractivity contribution >= 4 is 0 Å². The van der Waals surface area contributed by atoms with Gasteiger partial charge in [0.2, 0.25) is 0 Å². The van der Waals surface area contributed by atoms with E-state index in [-0.39, 0.29) is 18.2 Å². The Kier molecular flexibility index (Phi) is 6.01. The predicted molar refractivity (Wildman–Crippen MR) is 115 cm³/mol. The van der Waals surface area contributed by atoms with Crippen molar-refractivity contribution in [3.8, 4) is 0 Å². The predicted octanol–water partition coefficient (Wildman–Crippen LogP) is 5.49. The number of hydrogen-bond donors (Lipinski definition) is 1. The van der Waals surface area contributed by atoms with Gasteiger partial charge in [0.05, 0.1) is 18.8 Å². The highest BCUT2D eigenvalue weighted by molar-refractivity contribution is 5.32. The molecule has 142 valence electrons. The van der Waals surface area contributed by atoms with E-state index in [0.717, 1.165) is 13.0 Å². The van der Waals surface area contributed by atoms with Crippen LogP contribution in [0.5, 0.6) is 0 Å². The van der Waals surface area contributed by atoms with E-state index in [2.05, 4.69) is 103 Å². The number of rotatable bonds is 6. The summed E-state index contributed by atoms with van der Waals surface area (Å²) in [4.78, 5) is 0. The Morgan fingerprint density at radius 2 is 1.36 bits per heavy atom. The first kappa shape index (κ1) is 18.7. The largest absolute Gasteiger partial charge is 0.372 e. The standard InChI is InChI=1S/C26H27NO/c1-2-25-24(18-23(19-28-25)20-12-6-3-7-13-20)27-26(21-14-8-4-9-15-21)22-16-10-5-11-17-22/h2-17,23-27H,1,18-19H2. The summed E-state index contributed by atoms with van der Waals surface area (Å²) in [5, 5.41) is 3.89. The molecular formula is C26H27NO. The van der Waals surface area contributed by atoms with Crippen LogP contribution in [0.25, 0.3) is 0 Å². The zero-order valence-corrected chi connectivity index (χ0v) is 16.1. The lowest BCUT2D eigenvalue weighted by molar-refractivity contribution is 0.00546. The Morgan fingerprint density at radius 3 is 1.89 bits per heavy atom. The van der Waals surface area contributed by atoms with Crippen LogP contribution in [0.3, 0.4) is 0 Å². The zero-order chi connectivity index (χ0) is 19.2. The number of benzene rings is 3. The van der Waals surface area contributed by atoms with Crippen LogP contribution in [0, 0.1) is 0 Å². The van der Waals surface area contributed by atoms with Gasteiger partial charge in [0.25, 0.3) is 0 Å². The molecule has 0 spiro atoms. The van der Waals surface area contributed by atoms with Gasteiger partial charge in [-0.15, -0.1) is 6.58 Å². The molecule has 1 heterocycles. The molecule has 3 unspecified atom stereocenters. The lowest BCUT2D eigenvalue weighted by Crippen LogP contribution is -2.47. The maximum Gasteiger partial charge on any atom is 0.0906 e. The molecule has 0 aliphatic carbocycles. The summed E-state index contributed by atoms with van der Waals surface area (Å²) in [5.41, 5.74) is 3.87. The van der Waals surface area contributed by atoms with Crippen molar-refractivity contribution in [3.05, 3.63) is 120 Å². The molecule has 1 saturated heterocycles. The van der Waals surface area contributed by atoms with Crippen LogP contribution in [-0.2, 0) is 4.74 Å². The lowest BCUT2D eigenvalue weighted by atomic mass is 9.87. The normalized spacial score (nSPS) is 22.1. The average molecular weight is 370 g/mol. The van der Waals surface area contributed by atoms with Crippen molar-refractivity contribution in [3.63, 3.8) is 0 Å². The molecule has 1 aliphatic rings. The highest BCUT2D eigenvalue weighted by Gasteiger charge is 2.32. The molecule has 3 aromatic carbocycles. The van der Waals surface area contributed by atoms with Gasteiger partial charge >= 0.3 is 0 Å². The molecule has 1 aliphatic heterocycles. The van der Waals surface area contributed by atoms with Gasteiger partial charge < -0.3 is 10.1 Å². The summed E-state index contributed by atoms with van der Waals surface area (Å²) in [6.45, 7) is 4.76. The number of hydrogen-bond acceptors (Lipinski definition) is 2. The van der Waals surface area contributed by atoms with Crippen LogP contribution in [0.15, 0.2) is 104 Å². The Morgan fingerprint density at radius 1 is 0.821 bits per heavy atom. The Bertz CT molecular complexity index is 823. The van der Waals surface area contributed by atoms with Gasteiger partial charge in [-0.05, 0) is 23.1 Å². The first-order valence-electron chi connectivity index (χ1n) is 10.00. The SMILES string of the molecule is C=CC1OCC(c2ccccc2)CC1NC(c1ccccc1)c1ccccc1. The van der Waals surface area contributed by atoms with E-state index in [1.807, 2.05) is 6.08 Å². The minimum Gasteiger partial charge on any atom is -0.372 e. The van der Waals surface area contributed by atoms with Crippen molar-refractivity contribution in [1.82, 2.24) is 5.32 Å². The second kappa shape index (κ2) is 9.01. The molecule has 2 nitrogen and oxygen atoms in total. The monoisotopic (exact) mass is 369 g/mol. The minimum absolute atomic E-state index is 0.00915. The molecule has 0 radical (unpaired) electrons. The molecule has 0 amide bonds. The fourth-order valence-electron chi connectivity index (χ4n) is 4.09. The third-order valence-corrected chi connectivity index (χ3v) is 5.57. The smallest absolute Gasteiger partial charge is 0.0906 e. The van der Waals surface area contributed by atoms with Crippen LogP contribution in [0.1, 0.15) is 35.1 Å². The van der Waals surface area contributed by atoms with Crippen LogP contribution in [-0.4, -0.2) is 18.8 Å². The quantitative estimate of drug-likeness (QED) is 0.580. The van der Waals surface area contributed by atoms with E-state index in [9.17, 15) is 0 Å². The van der Waals surface area contributed by atoms with Crippen molar-refractivity contribution in [2.45, 2.75) is 30.5 Å². The van der Waals surface area contributed by atoms with Gasteiger partial charge in [0.15, 0.2) is 0 Å². The fourth-order valence-corrected chi connectivity index (χ4v) is 4.09. The average Bonchev–Trinajstić information content (AvgIpc) is 2.79. The van der Waals surface area contributed by atoms with Crippen molar-refractivity contribution in [2.24, 2.45) is 0 Å². The number of nitrogens with one attached hydrogen (secondary N) is 1. The van der Waals surface area contributed by atoms with Crippen LogP contribution < -0.4 is 5.32 Å². The van der Waals surface area contributed by atoms with Gasteiger partial charge in [-0.3, -0.25) is 0 Å². The van der Waals surface area contributed by atoms with Gasteiger partial charge in [0.1, 0.15) is 0 Å². The van der Waals surface area contributed by atoms with E-state index < -0.39 is 0 Å². The van der Waals surface area contributed by atoms with Crippen molar-refractivity contribution in [2.75, 3.05) is 6.61 Å². The van der Waals surface area contributed by atoms with Crippen LogP contribution >= 0.6 is 0 Å². The molecule has 28 heavy (non-hydrogen) atoms. The molecule has 0 saturated carbocycles. The first-order chi connectivity index (χ1) is 13.8. The second-order valence-corrected chi connectivity index (χ2v) is 7.40. The highest BCUT2D eigenvalue weighted by Crippen LogP contribution is 2.32. The molecule has 1 fully saturated rings. The van der Waals surface area contributed by atoms with E-state index in [4.69, 9.17) is 4.74 Å². The molecule has 2 heteroatoms. The summed E-state index contributed by atoms with van der Waals surface area (Å²) in [6.07, 6.45) is 2.97. The van der Waals surface area contributed by atoms with E-state index >= 15 is 0 Å². The van der Waals surface area contributed by atoms with Gasteiger partial charge in [-0.1, -0.05) is 97.1 Å². The summed E-state index contributed by atoms with van der Waals surface area (Å²) < 4.78 is 6.20. The Labute approximate surface area is 167 Å². The molecular weight excluding hydrogens is 342 g/mol. The summed E-state index contributed by atoms with van der Waals surface area (Å²) in [5.74, 6) is 0.391. The Balaban J connectivity index is 1.61. The maximum absolute atomic E-state index is 6.20. The van der Waals surface area contributed by atoms with E-state index in [1.165, 1.54) is 16.7 Å². The molecule has 3 atom stereocenters. The molecule has 4 rings (SSSR count). The fraction of sp³-hybridized carbons (Fsp3) is 0.231. The lowest BCUT2D eigenvalue weighted by Gasteiger charge is -2.38. The maximum atomic E-state index is 6.20. The highest BCUT2D eigenvalue weighted by atomic mass is 16.5. The van der Waals surface area contributed by atoms with Gasteiger partial charge in [-0.2, -0.15) is 0 Å². The number of ether oxygens (including phenoxy) is 1. The van der Waals surface area contributed by atoms with E-state index in [1.54, 1.807) is 0 Å². The van der Waals surface area contributed by atoms with Crippen LogP contribution in [0.4, 0.5) is 0 Å². The third kappa shape index (κ3) is 4.24. The molecule has 3 aromatic rings. The second-order valence-electron chi connectivity index (χ2n) is 7.40.